The summed E-state index contributed by atoms with van der Waals surface area (Å²) in [6.07, 6.45) is -1.15. The number of hydrogen-bond acceptors (Lipinski definition) is 3. The summed E-state index contributed by atoms with van der Waals surface area (Å²) in [5.74, 6) is 2.10. The number of ether oxygens (including phenoxy) is 2. The first-order chi connectivity index (χ1) is 13.6. The van der Waals surface area contributed by atoms with Crippen molar-refractivity contribution in [1.82, 2.24) is 0 Å². The second-order valence-electron chi connectivity index (χ2n) is 8.31. The van der Waals surface area contributed by atoms with E-state index < -0.39 is 6.36 Å². The predicted octanol–water partition coefficient (Wildman–Crippen LogP) is 6.67. The zero-order valence-electron chi connectivity index (χ0n) is 17.0. The Labute approximate surface area is 170 Å². The molecule has 3 nitrogen and oxygen atoms in total. The van der Waals surface area contributed by atoms with Crippen LogP contribution in [0.3, 0.4) is 0 Å². The van der Waals surface area contributed by atoms with E-state index in [2.05, 4.69) is 25.5 Å². The van der Waals surface area contributed by atoms with Crippen LogP contribution in [-0.2, 0) is 0 Å². The second-order valence-corrected chi connectivity index (χ2v) is 8.31. The number of halogens is 3. The smallest absolute Gasteiger partial charge is 0.488 e. The standard InChI is InChI=1S/C23H28F3NO2/c1-14(2)19-10-4-15(3)12-22(19)28-21-11-7-17(13-20(21)27)16-5-8-18(9-6-16)29-23(24,25)26/h5-9,11,13-15,19,22H,4,10,12,27H2,1-3H3/t15-,19+,22-/m1/s1. The highest BCUT2D eigenvalue weighted by atomic mass is 19.4. The maximum absolute atomic E-state index is 12.3. The molecule has 2 aromatic carbocycles. The van der Waals surface area contributed by atoms with E-state index in [9.17, 15) is 13.2 Å². The van der Waals surface area contributed by atoms with Crippen LogP contribution in [0.4, 0.5) is 18.9 Å². The third kappa shape index (κ3) is 5.58. The summed E-state index contributed by atoms with van der Waals surface area (Å²) in [6.45, 7) is 6.72. The van der Waals surface area contributed by atoms with Crippen molar-refractivity contribution in [3.8, 4) is 22.6 Å². The van der Waals surface area contributed by atoms with Crippen molar-refractivity contribution in [2.24, 2.45) is 17.8 Å². The van der Waals surface area contributed by atoms with Crippen molar-refractivity contribution in [1.29, 1.82) is 0 Å². The molecule has 3 atom stereocenters. The van der Waals surface area contributed by atoms with Crippen LogP contribution in [-0.4, -0.2) is 12.5 Å². The molecule has 0 aromatic heterocycles. The van der Waals surface area contributed by atoms with Gasteiger partial charge in [0.05, 0.1) is 5.69 Å². The molecule has 29 heavy (non-hydrogen) atoms. The van der Waals surface area contributed by atoms with E-state index in [0.717, 1.165) is 24.0 Å². The van der Waals surface area contributed by atoms with E-state index >= 15 is 0 Å². The molecule has 0 radical (unpaired) electrons. The van der Waals surface area contributed by atoms with Crippen LogP contribution in [0.2, 0.25) is 0 Å². The quantitative estimate of drug-likeness (QED) is 0.563. The molecule has 0 aliphatic heterocycles. The Balaban J connectivity index is 1.74. The van der Waals surface area contributed by atoms with Gasteiger partial charge in [-0.2, -0.15) is 0 Å². The van der Waals surface area contributed by atoms with Gasteiger partial charge in [-0.25, -0.2) is 0 Å². The summed E-state index contributed by atoms with van der Waals surface area (Å²) in [7, 11) is 0. The lowest BCUT2D eigenvalue weighted by molar-refractivity contribution is -0.274. The van der Waals surface area contributed by atoms with Crippen LogP contribution in [0.15, 0.2) is 42.5 Å². The fourth-order valence-electron chi connectivity index (χ4n) is 4.10. The Morgan fingerprint density at radius 2 is 1.66 bits per heavy atom. The first-order valence-electron chi connectivity index (χ1n) is 10.0. The minimum Gasteiger partial charge on any atom is -0.488 e. The number of nitrogens with two attached hydrogens (primary N) is 1. The first kappa shape index (κ1) is 21.3. The van der Waals surface area contributed by atoms with Gasteiger partial charge < -0.3 is 15.2 Å². The van der Waals surface area contributed by atoms with Crippen LogP contribution < -0.4 is 15.2 Å². The summed E-state index contributed by atoms with van der Waals surface area (Å²) < 4.78 is 47.1. The largest absolute Gasteiger partial charge is 0.573 e. The molecule has 6 heteroatoms. The third-order valence-electron chi connectivity index (χ3n) is 5.67. The van der Waals surface area contributed by atoms with Gasteiger partial charge in [0.15, 0.2) is 0 Å². The minimum atomic E-state index is -4.70. The second kappa shape index (κ2) is 8.56. The zero-order chi connectivity index (χ0) is 21.2. The van der Waals surface area contributed by atoms with E-state index in [0.29, 0.717) is 29.2 Å². The lowest BCUT2D eigenvalue weighted by atomic mass is 9.75. The van der Waals surface area contributed by atoms with Gasteiger partial charge in [-0.05, 0) is 66.0 Å². The lowest BCUT2D eigenvalue weighted by Crippen LogP contribution is -2.36. The number of anilines is 1. The lowest BCUT2D eigenvalue weighted by Gasteiger charge is -2.37. The summed E-state index contributed by atoms with van der Waals surface area (Å²) in [5, 5.41) is 0. The van der Waals surface area contributed by atoms with Gasteiger partial charge in [0.2, 0.25) is 0 Å². The maximum atomic E-state index is 12.3. The van der Waals surface area contributed by atoms with Gasteiger partial charge in [0.25, 0.3) is 0 Å². The molecule has 0 heterocycles. The molecule has 1 saturated carbocycles. The Bertz CT molecular complexity index is 818. The van der Waals surface area contributed by atoms with Crippen molar-refractivity contribution in [2.45, 2.75) is 52.5 Å². The summed E-state index contributed by atoms with van der Waals surface area (Å²) >= 11 is 0. The average molecular weight is 407 g/mol. The molecule has 0 saturated heterocycles. The maximum Gasteiger partial charge on any atom is 0.573 e. The first-order valence-corrected chi connectivity index (χ1v) is 10.0. The Hall–Kier alpha value is -2.37. The van der Waals surface area contributed by atoms with Crippen molar-refractivity contribution in [3.63, 3.8) is 0 Å². The summed E-state index contributed by atoms with van der Waals surface area (Å²) in [4.78, 5) is 0. The van der Waals surface area contributed by atoms with Crippen LogP contribution in [0.1, 0.15) is 40.0 Å². The number of hydrogen-bond donors (Lipinski definition) is 1. The number of nitrogen functional groups attached to an aromatic ring is 1. The summed E-state index contributed by atoms with van der Waals surface area (Å²) in [5.41, 5.74) is 8.34. The highest BCUT2D eigenvalue weighted by molar-refractivity contribution is 5.71. The minimum absolute atomic E-state index is 0.144. The molecule has 0 unspecified atom stereocenters. The molecule has 0 spiro atoms. The molecule has 0 amide bonds. The van der Waals surface area contributed by atoms with E-state index in [1.807, 2.05) is 12.1 Å². The number of rotatable bonds is 5. The van der Waals surface area contributed by atoms with Crippen LogP contribution in [0, 0.1) is 17.8 Å². The van der Waals surface area contributed by atoms with Crippen LogP contribution in [0.25, 0.3) is 11.1 Å². The molecule has 158 valence electrons. The fraction of sp³-hybridized carbons (Fsp3) is 0.478. The summed E-state index contributed by atoms with van der Waals surface area (Å²) in [6, 6.07) is 11.3. The molecular formula is C23H28F3NO2. The van der Waals surface area contributed by atoms with Crippen molar-refractivity contribution in [3.05, 3.63) is 42.5 Å². The zero-order valence-corrected chi connectivity index (χ0v) is 17.0. The van der Waals surface area contributed by atoms with E-state index in [1.54, 1.807) is 18.2 Å². The van der Waals surface area contributed by atoms with E-state index in [-0.39, 0.29) is 11.9 Å². The van der Waals surface area contributed by atoms with E-state index in [1.165, 1.54) is 18.6 Å². The topological polar surface area (TPSA) is 44.5 Å². The molecule has 2 aromatic rings. The third-order valence-corrected chi connectivity index (χ3v) is 5.67. The molecule has 2 N–H and O–H groups in total. The molecular weight excluding hydrogens is 379 g/mol. The fourth-order valence-corrected chi connectivity index (χ4v) is 4.10. The molecule has 1 fully saturated rings. The highest BCUT2D eigenvalue weighted by Gasteiger charge is 2.33. The van der Waals surface area contributed by atoms with Crippen LogP contribution in [0.5, 0.6) is 11.5 Å². The Morgan fingerprint density at radius 3 is 2.24 bits per heavy atom. The molecule has 0 bridgehead atoms. The van der Waals surface area contributed by atoms with Crippen LogP contribution >= 0.6 is 0 Å². The van der Waals surface area contributed by atoms with Gasteiger partial charge in [0.1, 0.15) is 17.6 Å². The Morgan fingerprint density at radius 1 is 1.00 bits per heavy atom. The van der Waals surface area contributed by atoms with E-state index in [4.69, 9.17) is 10.5 Å². The highest BCUT2D eigenvalue weighted by Crippen LogP contribution is 2.38. The van der Waals surface area contributed by atoms with Gasteiger partial charge in [0, 0.05) is 0 Å². The molecule has 1 aliphatic carbocycles. The average Bonchev–Trinajstić information content (AvgIpc) is 2.62. The van der Waals surface area contributed by atoms with Gasteiger partial charge >= 0.3 is 6.36 Å². The monoisotopic (exact) mass is 407 g/mol. The SMILES string of the molecule is CC(C)[C@@H]1CC[C@@H](C)C[C@H]1Oc1ccc(-c2ccc(OC(F)(F)F)cc2)cc1N. The van der Waals surface area contributed by atoms with Gasteiger partial charge in [-0.3, -0.25) is 0 Å². The normalized spacial score (nSPS) is 22.5. The van der Waals surface area contributed by atoms with Gasteiger partial charge in [-0.15, -0.1) is 13.2 Å². The Kier molecular flexibility index (Phi) is 6.30. The van der Waals surface area contributed by atoms with Crippen molar-refractivity contribution < 1.29 is 22.6 Å². The van der Waals surface area contributed by atoms with Crippen molar-refractivity contribution >= 4 is 5.69 Å². The predicted molar refractivity (Wildman–Crippen MR) is 109 cm³/mol. The number of benzene rings is 2. The number of alkyl halides is 3. The molecule has 3 rings (SSSR count). The van der Waals surface area contributed by atoms with Crippen molar-refractivity contribution in [2.75, 3.05) is 5.73 Å². The molecule has 1 aliphatic rings. The van der Waals surface area contributed by atoms with Gasteiger partial charge in [-0.1, -0.05) is 45.4 Å².